The molecular formula is C14H23N5O2. The first-order valence-corrected chi connectivity index (χ1v) is 7.02. The van der Waals surface area contributed by atoms with Gasteiger partial charge in [0.05, 0.1) is 19.0 Å². The summed E-state index contributed by atoms with van der Waals surface area (Å²) >= 11 is 0. The van der Waals surface area contributed by atoms with Crippen molar-refractivity contribution in [2.24, 2.45) is 5.41 Å². The van der Waals surface area contributed by atoms with Crippen LogP contribution >= 0.6 is 0 Å². The maximum Gasteiger partial charge on any atom is 0.165 e. The van der Waals surface area contributed by atoms with Crippen molar-refractivity contribution in [1.82, 2.24) is 19.5 Å². The highest BCUT2D eigenvalue weighted by Gasteiger charge is 2.29. The minimum absolute atomic E-state index is 0.0236. The number of anilines is 1. The Morgan fingerprint density at radius 1 is 1.38 bits per heavy atom. The van der Waals surface area contributed by atoms with E-state index in [1.165, 1.54) is 0 Å². The van der Waals surface area contributed by atoms with E-state index < -0.39 is 11.5 Å². The number of nitrogens with zero attached hydrogens (tertiary/aromatic N) is 4. The van der Waals surface area contributed by atoms with Crippen molar-refractivity contribution in [2.45, 2.75) is 46.3 Å². The molecule has 21 heavy (non-hydrogen) atoms. The van der Waals surface area contributed by atoms with Gasteiger partial charge in [-0.3, -0.25) is 0 Å². The summed E-state index contributed by atoms with van der Waals surface area (Å²) in [5.41, 5.74) is 6.55. The summed E-state index contributed by atoms with van der Waals surface area (Å²) in [5, 5.41) is 19.6. The number of aryl methyl sites for hydroxylation is 1. The van der Waals surface area contributed by atoms with Crippen molar-refractivity contribution in [3.8, 4) is 0 Å². The van der Waals surface area contributed by atoms with Gasteiger partial charge in [-0.25, -0.2) is 15.0 Å². The zero-order valence-electron chi connectivity index (χ0n) is 12.9. The van der Waals surface area contributed by atoms with Crippen LogP contribution < -0.4 is 5.73 Å². The molecule has 116 valence electrons. The molecule has 0 aliphatic heterocycles. The summed E-state index contributed by atoms with van der Waals surface area (Å²) in [6, 6.07) is -0.0236. The topological polar surface area (TPSA) is 110 Å². The van der Waals surface area contributed by atoms with Gasteiger partial charge in [-0.1, -0.05) is 13.8 Å². The van der Waals surface area contributed by atoms with Crippen molar-refractivity contribution in [2.75, 3.05) is 12.3 Å². The van der Waals surface area contributed by atoms with Gasteiger partial charge < -0.3 is 20.5 Å². The normalized spacial score (nSPS) is 15.3. The summed E-state index contributed by atoms with van der Waals surface area (Å²) in [5.74, 6) is 0.949. The molecule has 0 amide bonds. The quantitative estimate of drug-likeness (QED) is 0.760. The van der Waals surface area contributed by atoms with Crippen molar-refractivity contribution in [1.29, 1.82) is 0 Å². The van der Waals surface area contributed by atoms with Crippen LogP contribution in [-0.2, 0) is 0 Å². The Morgan fingerprint density at radius 2 is 2.05 bits per heavy atom. The third kappa shape index (κ3) is 2.98. The van der Waals surface area contributed by atoms with Crippen molar-refractivity contribution in [3.63, 3.8) is 0 Å². The molecule has 1 unspecified atom stereocenters. The highest BCUT2D eigenvalue weighted by molar-refractivity contribution is 5.81. The maximum absolute atomic E-state index is 10.3. The number of hydrogen-bond acceptors (Lipinski definition) is 6. The molecule has 0 aliphatic rings. The van der Waals surface area contributed by atoms with E-state index in [0.717, 1.165) is 0 Å². The zero-order valence-corrected chi connectivity index (χ0v) is 12.9. The molecule has 2 aromatic heterocycles. The van der Waals surface area contributed by atoms with Gasteiger partial charge in [-0.2, -0.15) is 0 Å². The molecular weight excluding hydrogens is 270 g/mol. The molecule has 4 N–H and O–H groups in total. The molecule has 2 aromatic rings. The highest BCUT2D eigenvalue weighted by atomic mass is 16.3. The van der Waals surface area contributed by atoms with Gasteiger partial charge in [0.2, 0.25) is 0 Å². The standard InChI is InChI=1S/C14H23N5O2/c1-8(5-10(21)14(3,4)6-20)19-7-16-11-12(15)17-9(2)18-13(11)19/h7-8,10,20-21H,5-6H2,1-4H3,(H2,15,17,18)/t8-,10?/m1/s1. The summed E-state index contributed by atoms with van der Waals surface area (Å²) in [7, 11) is 0. The fourth-order valence-corrected chi connectivity index (χ4v) is 2.24. The average molecular weight is 293 g/mol. The van der Waals surface area contributed by atoms with E-state index >= 15 is 0 Å². The highest BCUT2D eigenvalue weighted by Crippen LogP contribution is 2.28. The van der Waals surface area contributed by atoms with Gasteiger partial charge >= 0.3 is 0 Å². The van der Waals surface area contributed by atoms with Crippen LogP contribution in [0.3, 0.4) is 0 Å². The van der Waals surface area contributed by atoms with Crippen molar-refractivity contribution >= 4 is 17.0 Å². The second kappa shape index (κ2) is 5.57. The smallest absolute Gasteiger partial charge is 0.165 e. The number of aliphatic hydroxyl groups is 2. The SMILES string of the molecule is Cc1nc(N)c2ncn([C@H](C)CC(O)C(C)(C)CO)c2n1. The lowest BCUT2D eigenvalue weighted by Crippen LogP contribution is -2.34. The Balaban J connectivity index is 2.30. The Bertz CT molecular complexity index is 638. The lowest BCUT2D eigenvalue weighted by atomic mass is 9.84. The molecule has 0 bridgehead atoms. The molecule has 0 aliphatic carbocycles. The first kappa shape index (κ1) is 15.7. The first-order valence-electron chi connectivity index (χ1n) is 7.02. The minimum Gasteiger partial charge on any atom is -0.396 e. The number of hydrogen-bond donors (Lipinski definition) is 3. The largest absolute Gasteiger partial charge is 0.396 e. The molecule has 0 saturated heterocycles. The van der Waals surface area contributed by atoms with Gasteiger partial charge in [0, 0.05) is 11.5 Å². The lowest BCUT2D eigenvalue weighted by molar-refractivity contribution is -0.00420. The monoisotopic (exact) mass is 293 g/mol. The maximum atomic E-state index is 10.3. The summed E-state index contributed by atoms with van der Waals surface area (Å²) in [4.78, 5) is 12.7. The third-order valence-corrected chi connectivity index (χ3v) is 3.91. The second-order valence-corrected chi connectivity index (χ2v) is 6.23. The molecule has 0 spiro atoms. The number of nitrogen functional groups attached to an aromatic ring is 1. The lowest BCUT2D eigenvalue weighted by Gasteiger charge is -2.30. The molecule has 7 heteroatoms. The number of rotatable bonds is 5. The van der Waals surface area contributed by atoms with Gasteiger partial charge in [0.15, 0.2) is 11.5 Å². The molecule has 2 rings (SSSR count). The Labute approximate surface area is 123 Å². The van der Waals surface area contributed by atoms with Crippen LogP contribution in [0, 0.1) is 12.3 Å². The van der Waals surface area contributed by atoms with Gasteiger partial charge in [-0.05, 0) is 20.3 Å². The summed E-state index contributed by atoms with van der Waals surface area (Å²) in [6.07, 6.45) is 1.52. The van der Waals surface area contributed by atoms with Crippen LogP contribution in [0.2, 0.25) is 0 Å². The van der Waals surface area contributed by atoms with Crippen LogP contribution in [0.1, 0.15) is 39.1 Å². The van der Waals surface area contributed by atoms with E-state index in [1.807, 2.05) is 25.3 Å². The first-order chi connectivity index (χ1) is 9.76. The van der Waals surface area contributed by atoms with E-state index in [0.29, 0.717) is 29.2 Å². The number of aromatic nitrogens is 4. The van der Waals surface area contributed by atoms with Crippen LogP contribution in [0.4, 0.5) is 5.82 Å². The molecule has 0 saturated carbocycles. The minimum atomic E-state index is -0.629. The Morgan fingerprint density at radius 3 is 2.67 bits per heavy atom. The predicted octanol–water partition coefficient (Wildman–Crippen LogP) is 1.05. The number of aliphatic hydroxyl groups excluding tert-OH is 2. The summed E-state index contributed by atoms with van der Waals surface area (Å²) < 4.78 is 1.89. The van der Waals surface area contributed by atoms with Crippen LogP contribution in [0.25, 0.3) is 11.2 Å². The molecule has 0 radical (unpaired) electrons. The molecule has 0 fully saturated rings. The van der Waals surface area contributed by atoms with E-state index in [1.54, 1.807) is 13.3 Å². The fourth-order valence-electron chi connectivity index (χ4n) is 2.24. The Hall–Kier alpha value is -1.73. The van der Waals surface area contributed by atoms with Gasteiger partial charge in [0.1, 0.15) is 11.3 Å². The molecule has 2 heterocycles. The fraction of sp³-hybridized carbons (Fsp3) is 0.643. The van der Waals surface area contributed by atoms with Gasteiger partial charge in [-0.15, -0.1) is 0 Å². The van der Waals surface area contributed by atoms with Crippen molar-refractivity contribution < 1.29 is 10.2 Å². The van der Waals surface area contributed by atoms with E-state index in [-0.39, 0.29) is 12.6 Å². The Kier molecular flexibility index (Phi) is 4.15. The van der Waals surface area contributed by atoms with Crippen LogP contribution in [0.5, 0.6) is 0 Å². The van der Waals surface area contributed by atoms with E-state index in [2.05, 4.69) is 15.0 Å². The van der Waals surface area contributed by atoms with Crippen LogP contribution in [0.15, 0.2) is 6.33 Å². The molecule has 0 aromatic carbocycles. The number of nitrogens with two attached hydrogens (primary N) is 1. The average Bonchev–Trinajstić information content (AvgIpc) is 2.82. The summed E-state index contributed by atoms with van der Waals surface area (Å²) in [6.45, 7) is 7.36. The molecule has 7 nitrogen and oxygen atoms in total. The predicted molar refractivity (Wildman–Crippen MR) is 80.7 cm³/mol. The number of imidazole rings is 1. The van der Waals surface area contributed by atoms with Gasteiger partial charge in [0.25, 0.3) is 0 Å². The number of fused-ring (bicyclic) bond motifs is 1. The molecule has 2 atom stereocenters. The second-order valence-electron chi connectivity index (χ2n) is 6.23. The zero-order chi connectivity index (χ0) is 15.8. The van der Waals surface area contributed by atoms with Crippen LogP contribution in [-0.4, -0.2) is 42.4 Å². The third-order valence-electron chi connectivity index (χ3n) is 3.91. The van der Waals surface area contributed by atoms with E-state index in [9.17, 15) is 10.2 Å². The van der Waals surface area contributed by atoms with Crippen molar-refractivity contribution in [3.05, 3.63) is 12.2 Å². The van der Waals surface area contributed by atoms with E-state index in [4.69, 9.17) is 5.73 Å².